The summed E-state index contributed by atoms with van der Waals surface area (Å²) in [6.07, 6.45) is 1.66. The van der Waals surface area contributed by atoms with Crippen molar-refractivity contribution in [2.24, 2.45) is 12.5 Å². The van der Waals surface area contributed by atoms with Crippen LogP contribution in [0.3, 0.4) is 0 Å². The first-order chi connectivity index (χ1) is 14.0. The molecule has 2 aliphatic rings. The van der Waals surface area contributed by atoms with Crippen LogP contribution in [-0.2, 0) is 21.4 Å². The first-order valence-corrected chi connectivity index (χ1v) is 9.58. The van der Waals surface area contributed by atoms with Gasteiger partial charge in [-0.25, -0.2) is 0 Å². The van der Waals surface area contributed by atoms with Crippen molar-refractivity contribution in [1.82, 2.24) is 24.6 Å². The second-order valence-corrected chi connectivity index (χ2v) is 7.77. The summed E-state index contributed by atoms with van der Waals surface area (Å²) < 4.78 is 12.5. The molecule has 2 saturated heterocycles. The van der Waals surface area contributed by atoms with E-state index < -0.39 is 0 Å². The Labute approximate surface area is 169 Å². The lowest BCUT2D eigenvalue weighted by Crippen LogP contribution is -2.62. The number of hydrogen-bond acceptors (Lipinski definition) is 6. The molecule has 1 aromatic carbocycles. The van der Waals surface area contributed by atoms with E-state index in [-0.39, 0.29) is 36.4 Å². The minimum absolute atomic E-state index is 0.00103. The molecular weight excluding hydrogens is 374 g/mol. The number of likely N-dealkylation sites (tertiary alicyclic amines) is 2. The van der Waals surface area contributed by atoms with E-state index in [1.54, 1.807) is 11.2 Å². The molecule has 2 amide bonds. The van der Waals surface area contributed by atoms with Gasteiger partial charge in [-0.3, -0.25) is 9.59 Å². The normalized spacial score (nSPS) is 20.0. The fraction of sp³-hybridized carbons (Fsp3) is 0.500. The van der Waals surface area contributed by atoms with Crippen molar-refractivity contribution in [3.8, 4) is 5.75 Å². The molecule has 9 nitrogen and oxygen atoms in total. The Morgan fingerprint density at radius 1 is 1.10 bits per heavy atom. The lowest BCUT2D eigenvalue weighted by atomic mass is 9.71. The smallest absolute Gasteiger partial charge is 0.260 e. The molecule has 0 aliphatic carbocycles. The van der Waals surface area contributed by atoms with Gasteiger partial charge in [0.05, 0.1) is 0 Å². The average molecular weight is 399 g/mol. The Balaban J connectivity index is 1.43. The molecule has 0 radical (unpaired) electrons. The van der Waals surface area contributed by atoms with Crippen LogP contribution in [0.25, 0.3) is 0 Å². The molecule has 0 bridgehead atoms. The standard InChI is InChI=1S/C20H25N5O4/c1-23-14-21-22-19(23)16-8-24(17(26)9-28-2)11-20(16)12-25(13-20)18(27)10-29-15-6-4-3-5-7-15/h3-7,14,16H,8-13H2,1-2H3. The van der Waals surface area contributed by atoms with Crippen LogP contribution in [0, 0.1) is 5.41 Å². The molecule has 2 aromatic rings. The summed E-state index contributed by atoms with van der Waals surface area (Å²) in [7, 11) is 3.42. The molecule has 4 rings (SSSR count). The molecule has 2 aliphatic heterocycles. The van der Waals surface area contributed by atoms with Gasteiger partial charge in [0, 0.05) is 51.7 Å². The number of nitrogens with zero attached hydrogens (tertiary/aromatic N) is 5. The lowest BCUT2D eigenvalue weighted by Gasteiger charge is -2.50. The predicted molar refractivity (Wildman–Crippen MR) is 103 cm³/mol. The molecular formula is C20H25N5O4. The van der Waals surface area contributed by atoms with Crippen LogP contribution < -0.4 is 4.74 Å². The van der Waals surface area contributed by atoms with E-state index in [9.17, 15) is 9.59 Å². The number of amides is 2. The predicted octanol–water partition coefficient (Wildman–Crippen LogP) is 0.295. The minimum Gasteiger partial charge on any atom is -0.484 e. The van der Waals surface area contributed by atoms with Gasteiger partial charge in [0.25, 0.3) is 5.91 Å². The molecule has 1 aromatic heterocycles. The first kappa shape index (κ1) is 19.4. The largest absolute Gasteiger partial charge is 0.484 e. The van der Waals surface area contributed by atoms with Gasteiger partial charge in [-0.15, -0.1) is 10.2 Å². The van der Waals surface area contributed by atoms with E-state index in [1.807, 2.05) is 46.8 Å². The number of carbonyl (C=O) groups is 2. The third kappa shape index (κ3) is 3.69. The number of para-hydroxylation sites is 1. The molecule has 1 unspecified atom stereocenters. The van der Waals surface area contributed by atoms with Crippen LogP contribution in [0.5, 0.6) is 5.75 Å². The highest BCUT2D eigenvalue weighted by Gasteiger charge is 2.57. The topological polar surface area (TPSA) is 89.8 Å². The van der Waals surface area contributed by atoms with Gasteiger partial charge in [0.15, 0.2) is 6.61 Å². The Morgan fingerprint density at radius 2 is 1.79 bits per heavy atom. The fourth-order valence-corrected chi connectivity index (χ4v) is 4.30. The van der Waals surface area contributed by atoms with Gasteiger partial charge in [0.1, 0.15) is 24.5 Å². The molecule has 0 N–H and O–H groups in total. The zero-order chi connectivity index (χ0) is 20.4. The van der Waals surface area contributed by atoms with Crippen LogP contribution in [0.2, 0.25) is 0 Å². The van der Waals surface area contributed by atoms with E-state index >= 15 is 0 Å². The van der Waals surface area contributed by atoms with E-state index in [1.165, 1.54) is 7.11 Å². The Hall–Kier alpha value is -2.94. The summed E-state index contributed by atoms with van der Waals surface area (Å²) in [4.78, 5) is 28.6. The van der Waals surface area contributed by atoms with E-state index in [0.29, 0.717) is 31.9 Å². The van der Waals surface area contributed by atoms with Crippen molar-refractivity contribution in [2.45, 2.75) is 5.92 Å². The zero-order valence-electron chi connectivity index (χ0n) is 16.7. The molecule has 29 heavy (non-hydrogen) atoms. The van der Waals surface area contributed by atoms with Gasteiger partial charge in [0.2, 0.25) is 5.91 Å². The zero-order valence-corrected chi connectivity index (χ0v) is 16.7. The summed E-state index contributed by atoms with van der Waals surface area (Å²) in [5.74, 6) is 1.43. The quantitative estimate of drug-likeness (QED) is 0.694. The summed E-state index contributed by atoms with van der Waals surface area (Å²) in [5.41, 5.74) is -0.216. The molecule has 154 valence electrons. The van der Waals surface area contributed by atoms with Crippen molar-refractivity contribution >= 4 is 11.8 Å². The summed E-state index contributed by atoms with van der Waals surface area (Å²) in [6.45, 7) is 2.32. The Bertz CT molecular complexity index is 878. The second kappa shape index (κ2) is 7.82. The van der Waals surface area contributed by atoms with Gasteiger partial charge >= 0.3 is 0 Å². The van der Waals surface area contributed by atoms with Gasteiger partial charge in [-0.05, 0) is 12.1 Å². The van der Waals surface area contributed by atoms with Crippen LogP contribution >= 0.6 is 0 Å². The SMILES string of the molecule is COCC(=O)N1CC(c2nncn2C)C2(C1)CN(C(=O)COc1ccccc1)C2. The van der Waals surface area contributed by atoms with Crippen LogP contribution in [0.15, 0.2) is 36.7 Å². The molecule has 1 atom stereocenters. The number of carbonyl (C=O) groups excluding carboxylic acids is 2. The minimum atomic E-state index is -0.216. The van der Waals surface area contributed by atoms with Crippen molar-refractivity contribution in [3.63, 3.8) is 0 Å². The lowest BCUT2D eigenvalue weighted by molar-refractivity contribution is -0.146. The van der Waals surface area contributed by atoms with Gasteiger partial charge in [-0.2, -0.15) is 0 Å². The number of ether oxygens (including phenoxy) is 2. The third-order valence-corrected chi connectivity index (χ3v) is 5.80. The van der Waals surface area contributed by atoms with Crippen molar-refractivity contribution in [1.29, 1.82) is 0 Å². The summed E-state index contributed by atoms with van der Waals surface area (Å²) in [5, 5.41) is 8.27. The maximum atomic E-state index is 12.6. The van der Waals surface area contributed by atoms with Gasteiger partial charge in [-0.1, -0.05) is 18.2 Å². The highest BCUT2D eigenvalue weighted by molar-refractivity contribution is 5.80. The fourth-order valence-electron chi connectivity index (χ4n) is 4.30. The molecule has 9 heteroatoms. The first-order valence-electron chi connectivity index (χ1n) is 9.58. The van der Waals surface area contributed by atoms with Crippen LogP contribution in [0.4, 0.5) is 0 Å². The van der Waals surface area contributed by atoms with E-state index in [0.717, 1.165) is 5.82 Å². The molecule has 2 fully saturated rings. The monoisotopic (exact) mass is 399 g/mol. The van der Waals surface area contributed by atoms with Crippen molar-refractivity contribution < 1.29 is 19.1 Å². The molecule has 0 saturated carbocycles. The molecule has 3 heterocycles. The van der Waals surface area contributed by atoms with Crippen molar-refractivity contribution in [3.05, 3.63) is 42.5 Å². The maximum Gasteiger partial charge on any atom is 0.260 e. The number of rotatable bonds is 6. The highest BCUT2D eigenvalue weighted by atomic mass is 16.5. The third-order valence-electron chi connectivity index (χ3n) is 5.80. The van der Waals surface area contributed by atoms with E-state index in [4.69, 9.17) is 9.47 Å². The van der Waals surface area contributed by atoms with Crippen molar-refractivity contribution in [2.75, 3.05) is 46.5 Å². The Morgan fingerprint density at radius 3 is 2.45 bits per heavy atom. The highest BCUT2D eigenvalue weighted by Crippen LogP contribution is 2.48. The van der Waals surface area contributed by atoms with Gasteiger partial charge < -0.3 is 23.8 Å². The molecule has 1 spiro atoms. The summed E-state index contributed by atoms with van der Waals surface area (Å²) >= 11 is 0. The average Bonchev–Trinajstić information content (AvgIpc) is 3.29. The number of aryl methyl sites for hydroxylation is 1. The number of aromatic nitrogens is 3. The van der Waals surface area contributed by atoms with Crippen LogP contribution in [-0.4, -0.2) is 82.9 Å². The Kier molecular flexibility index (Phi) is 5.23. The summed E-state index contributed by atoms with van der Waals surface area (Å²) in [6, 6.07) is 9.29. The number of benzene rings is 1. The number of hydrogen-bond donors (Lipinski definition) is 0. The van der Waals surface area contributed by atoms with E-state index in [2.05, 4.69) is 10.2 Å². The van der Waals surface area contributed by atoms with Crippen LogP contribution in [0.1, 0.15) is 11.7 Å². The number of methoxy groups -OCH3 is 1. The maximum absolute atomic E-state index is 12.6. The second-order valence-electron chi connectivity index (χ2n) is 7.77.